The molecule has 0 aromatic rings. The third-order valence-electron chi connectivity index (χ3n) is 3.38. The van der Waals surface area contributed by atoms with E-state index in [2.05, 4.69) is 6.08 Å². The van der Waals surface area contributed by atoms with Crippen molar-refractivity contribution in [1.29, 1.82) is 0 Å². The van der Waals surface area contributed by atoms with Gasteiger partial charge in [-0.3, -0.25) is 0 Å². The summed E-state index contributed by atoms with van der Waals surface area (Å²) in [6.07, 6.45) is 2.81. The maximum absolute atomic E-state index is 5.95. The summed E-state index contributed by atoms with van der Waals surface area (Å²) in [5.74, 6) is 1.80. The summed E-state index contributed by atoms with van der Waals surface area (Å²) in [5, 5.41) is 0. The minimum absolute atomic E-state index is 0.0794. The van der Waals surface area contributed by atoms with Crippen LogP contribution >= 0.6 is 23.5 Å². The highest BCUT2D eigenvalue weighted by atomic mass is 32.2. The van der Waals surface area contributed by atoms with Gasteiger partial charge in [-0.2, -0.15) is 0 Å². The van der Waals surface area contributed by atoms with Gasteiger partial charge in [0, 0.05) is 11.3 Å². The number of hydrogen-bond donors (Lipinski definition) is 0. The van der Waals surface area contributed by atoms with E-state index in [1.165, 1.54) is 22.2 Å². The van der Waals surface area contributed by atoms with Crippen molar-refractivity contribution in [2.24, 2.45) is 0 Å². The first-order chi connectivity index (χ1) is 9.09. The van der Waals surface area contributed by atoms with E-state index in [4.69, 9.17) is 18.9 Å². The number of thioether (sulfide) groups is 2. The molecule has 19 heavy (non-hydrogen) atoms. The number of hydrogen-bond acceptors (Lipinski definition) is 6. The van der Waals surface area contributed by atoms with E-state index < -0.39 is 5.79 Å². The molecule has 0 spiro atoms. The second-order valence-corrected chi connectivity index (χ2v) is 7.84. The van der Waals surface area contributed by atoms with Crippen molar-refractivity contribution in [1.82, 2.24) is 0 Å². The second-order valence-electron chi connectivity index (χ2n) is 5.31. The van der Waals surface area contributed by atoms with Crippen LogP contribution in [-0.2, 0) is 18.9 Å². The van der Waals surface area contributed by atoms with Gasteiger partial charge in [-0.25, -0.2) is 0 Å². The molecule has 3 saturated heterocycles. The molecule has 3 rings (SSSR count). The zero-order valence-electron chi connectivity index (χ0n) is 11.5. The Hall–Kier alpha value is 0.280. The molecular formula is C13H20O4S2. The third-order valence-corrected chi connectivity index (χ3v) is 5.91. The molecule has 3 aliphatic rings. The number of methoxy groups -OCH3 is 1. The standard InChI is InChI=1S/C13H20O4S2/c1-13(2)16-11-10(14-3)8(15-12(11)17-13)7-9-18-5-4-6-19-9/h7-8,10-12H,4-6H2,1-3H3/t8-,10+,11-,12-/m1/s1. The Labute approximate surface area is 122 Å². The molecular weight excluding hydrogens is 284 g/mol. The van der Waals surface area contributed by atoms with Gasteiger partial charge >= 0.3 is 0 Å². The predicted octanol–water partition coefficient (Wildman–Crippen LogP) is 2.59. The Morgan fingerprint density at radius 2 is 2.00 bits per heavy atom. The predicted molar refractivity (Wildman–Crippen MR) is 77.1 cm³/mol. The van der Waals surface area contributed by atoms with Crippen LogP contribution in [0, 0.1) is 0 Å². The summed E-state index contributed by atoms with van der Waals surface area (Å²) in [7, 11) is 1.71. The molecule has 0 aromatic heterocycles. The summed E-state index contributed by atoms with van der Waals surface area (Å²) < 4.78 is 24.5. The molecule has 3 aliphatic heterocycles. The van der Waals surface area contributed by atoms with Crippen LogP contribution in [0.2, 0.25) is 0 Å². The molecule has 0 saturated carbocycles. The molecule has 0 radical (unpaired) electrons. The largest absolute Gasteiger partial charge is 0.375 e. The van der Waals surface area contributed by atoms with Crippen molar-refractivity contribution in [2.75, 3.05) is 18.6 Å². The van der Waals surface area contributed by atoms with E-state index in [0.717, 1.165) is 0 Å². The lowest BCUT2D eigenvalue weighted by molar-refractivity contribution is -0.210. The average Bonchev–Trinajstić information content (AvgIpc) is 2.81. The van der Waals surface area contributed by atoms with Crippen LogP contribution in [0.4, 0.5) is 0 Å². The number of fused-ring (bicyclic) bond motifs is 1. The molecule has 3 heterocycles. The molecule has 0 unspecified atom stereocenters. The fourth-order valence-corrected chi connectivity index (χ4v) is 5.04. The fourth-order valence-electron chi connectivity index (χ4n) is 2.58. The molecule has 108 valence electrons. The molecule has 0 bridgehead atoms. The normalized spacial score (nSPS) is 41.3. The smallest absolute Gasteiger partial charge is 0.190 e. The van der Waals surface area contributed by atoms with Crippen LogP contribution in [0.25, 0.3) is 0 Å². The van der Waals surface area contributed by atoms with E-state index in [9.17, 15) is 0 Å². The van der Waals surface area contributed by atoms with Crippen molar-refractivity contribution < 1.29 is 18.9 Å². The van der Waals surface area contributed by atoms with Crippen molar-refractivity contribution in [3.05, 3.63) is 10.3 Å². The van der Waals surface area contributed by atoms with Crippen LogP contribution in [-0.4, -0.2) is 49.0 Å². The molecule has 4 nitrogen and oxygen atoms in total. The highest BCUT2D eigenvalue weighted by Crippen LogP contribution is 2.41. The van der Waals surface area contributed by atoms with E-state index >= 15 is 0 Å². The fraction of sp³-hybridized carbons (Fsp3) is 0.846. The summed E-state index contributed by atoms with van der Waals surface area (Å²) >= 11 is 3.79. The minimum atomic E-state index is -0.585. The Bertz CT molecular complexity index is 364. The minimum Gasteiger partial charge on any atom is -0.375 e. The van der Waals surface area contributed by atoms with Gasteiger partial charge in [0.1, 0.15) is 18.3 Å². The molecule has 4 atom stereocenters. The van der Waals surface area contributed by atoms with Gasteiger partial charge in [-0.1, -0.05) is 0 Å². The first kappa shape index (κ1) is 14.2. The monoisotopic (exact) mass is 304 g/mol. The Balaban J connectivity index is 1.71. The summed E-state index contributed by atoms with van der Waals surface area (Å²) in [6, 6.07) is 0. The first-order valence-electron chi connectivity index (χ1n) is 6.60. The lowest BCUT2D eigenvalue weighted by Crippen LogP contribution is -2.35. The molecule has 0 amide bonds. The molecule has 0 N–H and O–H groups in total. The SMILES string of the molecule is CO[C@@H]1[C@H]2OC(C)(C)O[C@H]2O[C@@H]1C=C1SCCCS1. The Morgan fingerprint density at radius 3 is 2.68 bits per heavy atom. The van der Waals surface area contributed by atoms with E-state index in [1.54, 1.807) is 7.11 Å². The third kappa shape index (κ3) is 2.99. The van der Waals surface area contributed by atoms with Gasteiger partial charge in [0.25, 0.3) is 0 Å². The Morgan fingerprint density at radius 1 is 1.26 bits per heavy atom. The lowest BCUT2D eigenvalue weighted by Gasteiger charge is -2.24. The summed E-state index contributed by atoms with van der Waals surface area (Å²) in [6.45, 7) is 3.81. The van der Waals surface area contributed by atoms with Crippen molar-refractivity contribution in [3.8, 4) is 0 Å². The van der Waals surface area contributed by atoms with Crippen LogP contribution in [0.5, 0.6) is 0 Å². The zero-order chi connectivity index (χ0) is 13.5. The average molecular weight is 304 g/mol. The van der Waals surface area contributed by atoms with Gasteiger partial charge in [-0.15, -0.1) is 23.5 Å². The summed E-state index contributed by atoms with van der Waals surface area (Å²) in [4.78, 5) is 0. The van der Waals surface area contributed by atoms with Gasteiger partial charge in [0.05, 0.1) is 0 Å². The Kier molecular flexibility index (Phi) is 4.18. The first-order valence-corrected chi connectivity index (χ1v) is 8.57. The van der Waals surface area contributed by atoms with E-state index in [0.29, 0.717) is 0 Å². The van der Waals surface area contributed by atoms with Gasteiger partial charge in [-0.05, 0) is 37.9 Å². The second kappa shape index (κ2) is 5.58. The maximum Gasteiger partial charge on any atom is 0.190 e. The summed E-state index contributed by atoms with van der Waals surface area (Å²) in [5.41, 5.74) is 0. The number of rotatable bonds is 2. The number of ether oxygens (including phenoxy) is 4. The quantitative estimate of drug-likeness (QED) is 0.780. The lowest BCUT2D eigenvalue weighted by atomic mass is 10.1. The topological polar surface area (TPSA) is 36.9 Å². The van der Waals surface area contributed by atoms with Crippen LogP contribution in [0.15, 0.2) is 10.3 Å². The zero-order valence-corrected chi connectivity index (χ0v) is 13.1. The van der Waals surface area contributed by atoms with Crippen LogP contribution in [0.3, 0.4) is 0 Å². The van der Waals surface area contributed by atoms with Gasteiger partial charge in [0.2, 0.25) is 0 Å². The maximum atomic E-state index is 5.95. The van der Waals surface area contributed by atoms with Crippen molar-refractivity contribution >= 4 is 23.5 Å². The van der Waals surface area contributed by atoms with Gasteiger partial charge < -0.3 is 18.9 Å². The molecule has 3 fully saturated rings. The molecule has 6 heteroatoms. The van der Waals surface area contributed by atoms with Crippen molar-refractivity contribution in [2.45, 2.75) is 50.7 Å². The highest BCUT2D eigenvalue weighted by Gasteiger charge is 2.54. The van der Waals surface area contributed by atoms with Gasteiger partial charge in [0.15, 0.2) is 12.1 Å². The van der Waals surface area contributed by atoms with Crippen molar-refractivity contribution in [3.63, 3.8) is 0 Å². The van der Waals surface area contributed by atoms with E-state index in [-0.39, 0.29) is 24.6 Å². The van der Waals surface area contributed by atoms with E-state index in [1.807, 2.05) is 37.4 Å². The molecule has 0 aromatic carbocycles. The van der Waals surface area contributed by atoms with Crippen LogP contribution < -0.4 is 0 Å². The van der Waals surface area contributed by atoms with Crippen LogP contribution in [0.1, 0.15) is 20.3 Å². The highest BCUT2D eigenvalue weighted by molar-refractivity contribution is 8.22. The molecule has 0 aliphatic carbocycles.